The lowest BCUT2D eigenvalue weighted by Gasteiger charge is -2.07. The molecule has 0 saturated carbocycles. The number of nitrogens with zero attached hydrogens (tertiary/aromatic N) is 4. The fourth-order valence-electron chi connectivity index (χ4n) is 2.32. The van der Waals surface area contributed by atoms with Crippen LogP contribution in [0, 0.1) is 17.0 Å². The molecule has 0 fully saturated rings. The SMILES string of the molecule is Cc1c(C(=O)NCCn2nc(C(F)(F)F)n(C)c2=O)cccc1[N+](=O)[O-]. The smallest absolute Gasteiger partial charge is 0.350 e. The number of nitro groups is 1. The molecule has 0 radical (unpaired) electrons. The molecule has 0 aliphatic carbocycles. The van der Waals surface area contributed by atoms with Gasteiger partial charge in [0.05, 0.1) is 11.5 Å². The molecule has 1 aromatic carbocycles. The number of alkyl halides is 3. The largest absolute Gasteiger partial charge is 0.451 e. The molecule has 1 heterocycles. The maximum atomic E-state index is 12.7. The van der Waals surface area contributed by atoms with Crippen LogP contribution >= 0.6 is 0 Å². The van der Waals surface area contributed by atoms with Crippen LogP contribution in [0.25, 0.3) is 0 Å². The van der Waals surface area contributed by atoms with E-state index in [0.29, 0.717) is 9.25 Å². The summed E-state index contributed by atoms with van der Waals surface area (Å²) < 4.78 is 39.1. The third kappa shape index (κ3) is 3.73. The van der Waals surface area contributed by atoms with Crippen molar-refractivity contribution >= 4 is 11.6 Å². The van der Waals surface area contributed by atoms with Crippen LogP contribution in [0.15, 0.2) is 23.0 Å². The number of rotatable bonds is 5. The molecule has 0 bridgehead atoms. The van der Waals surface area contributed by atoms with Crippen LogP contribution in [0.5, 0.6) is 0 Å². The Morgan fingerprint density at radius 3 is 2.58 bits per heavy atom. The van der Waals surface area contributed by atoms with Crippen LogP contribution in [0.2, 0.25) is 0 Å². The Hall–Kier alpha value is -3.18. The molecule has 26 heavy (non-hydrogen) atoms. The standard InChI is InChI=1S/C14H14F3N5O4/c1-8-9(4-3-5-10(8)22(25)26)11(23)18-6-7-21-13(24)20(2)12(19-21)14(15,16)17/h3-5H,6-7H2,1-2H3,(H,18,23). The number of halogens is 3. The van der Waals surface area contributed by atoms with Gasteiger partial charge in [0.1, 0.15) is 0 Å². The summed E-state index contributed by atoms with van der Waals surface area (Å²) >= 11 is 0. The van der Waals surface area contributed by atoms with Gasteiger partial charge in [-0.05, 0) is 13.0 Å². The third-order valence-corrected chi connectivity index (χ3v) is 3.65. The highest BCUT2D eigenvalue weighted by Gasteiger charge is 2.37. The Kier molecular flexibility index (Phi) is 5.14. The highest BCUT2D eigenvalue weighted by molar-refractivity contribution is 5.96. The number of hydrogen-bond acceptors (Lipinski definition) is 5. The molecule has 2 aromatic rings. The highest BCUT2D eigenvalue weighted by Crippen LogP contribution is 2.26. The first-order chi connectivity index (χ1) is 12.0. The highest BCUT2D eigenvalue weighted by atomic mass is 19.4. The van der Waals surface area contributed by atoms with Gasteiger partial charge in [-0.3, -0.25) is 19.5 Å². The van der Waals surface area contributed by atoms with E-state index in [9.17, 15) is 32.9 Å². The average Bonchev–Trinajstić information content (AvgIpc) is 2.83. The molecule has 2 rings (SSSR count). The van der Waals surface area contributed by atoms with Gasteiger partial charge in [0, 0.05) is 30.8 Å². The number of nitro benzene ring substituents is 1. The Bertz CT molecular complexity index is 916. The number of benzene rings is 1. The molecule has 12 heteroatoms. The van der Waals surface area contributed by atoms with E-state index < -0.39 is 28.5 Å². The van der Waals surface area contributed by atoms with Gasteiger partial charge in [0.15, 0.2) is 0 Å². The zero-order chi connectivity index (χ0) is 19.6. The van der Waals surface area contributed by atoms with E-state index in [1.54, 1.807) is 0 Å². The predicted octanol–water partition coefficient (Wildman–Crippen LogP) is 1.25. The lowest BCUT2D eigenvalue weighted by atomic mass is 10.1. The number of carbonyl (C=O) groups is 1. The van der Waals surface area contributed by atoms with Crippen LogP contribution in [0.1, 0.15) is 21.7 Å². The van der Waals surface area contributed by atoms with E-state index in [-0.39, 0.29) is 29.9 Å². The molecule has 0 saturated heterocycles. The molecular weight excluding hydrogens is 359 g/mol. The van der Waals surface area contributed by atoms with Crippen LogP contribution in [-0.2, 0) is 19.8 Å². The Morgan fingerprint density at radius 1 is 1.38 bits per heavy atom. The predicted molar refractivity (Wildman–Crippen MR) is 82.6 cm³/mol. The summed E-state index contributed by atoms with van der Waals surface area (Å²) in [5, 5.41) is 16.5. The third-order valence-electron chi connectivity index (χ3n) is 3.65. The van der Waals surface area contributed by atoms with Gasteiger partial charge in [0.2, 0.25) is 5.82 Å². The fraction of sp³-hybridized carbons (Fsp3) is 0.357. The first-order valence-corrected chi connectivity index (χ1v) is 7.27. The number of hydrogen-bond donors (Lipinski definition) is 1. The van der Waals surface area contributed by atoms with E-state index in [4.69, 9.17) is 0 Å². The lowest BCUT2D eigenvalue weighted by molar-refractivity contribution is -0.385. The van der Waals surface area contributed by atoms with Crippen molar-refractivity contribution in [2.45, 2.75) is 19.6 Å². The summed E-state index contributed by atoms with van der Waals surface area (Å²) in [6.07, 6.45) is -4.78. The second-order valence-corrected chi connectivity index (χ2v) is 5.35. The van der Waals surface area contributed by atoms with Gasteiger partial charge < -0.3 is 5.32 Å². The molecule has 0 aliphatic rings. The van der Waals surface area contributed by atoms with Gasteiger partial charge in [-0.2, -0.15) is 13.2 Å². The first kappa shape index (κ1) is 19.1. The van der Waals surface area contributed by atoms with Crippen molar-refractivity contribution < 1.29 is 22.9 Å². The Balaban J connectivity index is 2.10. The zero-order valence-corrected chi connectivity index (χ0v) is 13.7. The van der Waals surface area contributed by atoms with Gasteiger partial charge in [-0.15, -0.1) is 5.10 Å². The van der Waals surface area contributed by atoms with Crippen molar-refractivity contribution in [1.82, 2.24) is 19.7 Å². The van der Waals surface area contributed by atoms with Gasteiger partial charge in [-0.1, -0.05) is 6.07 Å². The van der Waals surface area contributed by atoms with E-state index in [2.05, 4.69) is 10.4 Å². The van der Waals surface area contributed by atoms with Crippen molar-refractivity contribution in [1.29, 1.82) is 0 Å². The number of nitrogens with one attached hydrogen (secondary N) is 1. The van der Waals surface area contributed by atoms with E-state index in [0.717, 1.165) is 7.05 Å². The van der Waals surface area contributed by atoms with Crippen molar-refractivity contribution in [2.24, 2.45) is 7.05 Å². The molecule has 1 N–H and O–H groups in total. The van der Waals surface area contributed by atoms with E-state index >= 15 is 0 Å². The molecule has 9 nitrogen and oxygen atoms in total. The molecule has 140 valence electrons. The van der Waals surface area contributed by atoms with E-state index in [1.807, 2.05) is 0 Å². The van der Waals surface area contributed by atoms with Gasteiger partial charge >= 0.3 is 11.9 Å². The summed E-state index contributed by atoms with van der Waals surface area (Å²) in [6, 6.07) is 3.98. The summed E-state index contributed by atoms with van der Waals surface area (Å²) in [6.45, 7) is 0.934. The molecule has 1 amide bonds. The summed E-state index contributed by atoms with van der Waals surface area (Å²) in [5.74, 6) is -1.99. The first-order valence-electron chi connectivity index (χ1n) is 7.27. The quantitative estimate of drug-likeness (QED) is 0.626. The molecule has 1 aromatic heterocycles. The van der Waals surface area contributed by atoms with Crippen LogP contribution < -0.4 is 11.0 Å². The Morgan fingerprint density at radius 2 is 2.04 bits per heavy atom. The summed E-state index contributed by atoms with van der Waals surface area (Å²) in [7, 11) is 0.944. The lowest BCUT2D eigenvalue weighted by Crippen LogP contribution is -2.32. The maximum Gasteiger partial charge on any atom is 0.451 e. The molecule has 0 atom stereocenters. The minimum atomic E-state index is -4.78. The zero-order valence-electron chi connectivity index (χ0n) is 13.7. The van der Waals surface area contributed by atoms with Gasteiger partial charge in [-0.25, -0.2) is 9.48 Å². The molecule has 0 unspecified atom stereocenters. The second kappa shape index (κ2) is 6.98. The summed E-state index contributed by atoms with van der Waals surface area (Å²) in [5.41, 5.74) is -0.987. The van der Waals surface area contributed by atoms with E-state index in [1.165, 1.54) is 25.1 Å². The summed E-state index contributed by atoms with van der Waals surface area (Å²) in [4.78, 5) is 34.1. The van der Waals surface area contributed by atoms with Crippen molar-refractivity contribution in [3.05, 3.63) is 55.7 Å². The van der Waals surface area contributed by atoms with Crippen LogP contribution in [-0.4, -0.2) is 31.7 Å². The molecular formula is C14H14F3N5O4. The molecule has 0 aliphatic heterocycles. The monoisotopic (exact) mass is 373 g/mol. The van der Waals surface area contributed by atoms with Crippen molar-refractivity contribution in [2.75, 3.05) is 6.54 Å². The van der Waals surface area contributed by atoms with Gasteiger partial charge in [0.25, 0.3) is 11.6 Å². The van der Waals surface area contributed by atoms with Crippen molar-refractivity contribution in [3.63, 3.8) is 0 Å². The number of amides is 1. The topological polar surface area (TPSA) is 112 Å². The minimum absolute atomic E-state index is 0.0588. The van der Waals surface area contributed by atoms with Crippen molar-refractivity contribution in [3.8, 4) is 0 Å². The average molecular weight is 373 g/mol. The molecule has 0 spiro atoms. The fourth-order valence-corrected chi connectivity index (χ4v) is 2.32. The number of carbonyl (C=O) groups excluding carboxylic acids is 1. The van der Waals surface area contributed by atoms with Crippen LogP contribution in [0.4, 0.5) is 18.9 Å². The Labute approximate surface area is 144 Å². The second-order valence-electron chi connectivity index (χ2n) is 5.35. The number of aromatic nitrogens is 3. The normalized spacial score (nSPS) is 11.4. The minimum Gasteiger partial charge on any atom is -0.350 e. The van der Waals surface area contributed by atoms with Crippen LogP contribution in [0.3, 0.4) is 0 Å². The maximum absolute atomic E-state index is 12.7.